The maximum Gasteiger partial charge on any atom is 0.454 e. The normalized spacial score (nSPS) is 16.8. The minimum Gasteiger partial charge on any atom is -0.497 e. The van der Waals surface area contributed by atoms with E-state index < -0.39 is 17.9 Å². The van der Waals surface area contributed by atoms with E-state index in [0.29, 0.717) is 24.2 Å². The second-order valence-corrected chi connectivity index (χ2v) is 7.42. The summed E-state index contributed by atoms with van der Waals surface area (Å²) in [5, 5.41) is 0. The van der Waals surface area contributed by atoms with E-state index in [1.54, 1.807) is 18.2 Å². The smallest absolute Gasteiger partial charge is 0.454 e. The number of allylic oxidation sites excluding steroid dienone is 2. The molecule has 1 aromatic rings. The molecule has 0 aliphatic heterocycles. The van der Waals surface area contributed by atoms with Crippen LogP contribution in [-0.4, -0.2) is 25.0 Å². The van der Waals surface area contributed by atoms with Crippen molar-refractivity contribution >= 4 is 11.7 Å². The SMILES string of the molecule is COc1cccc(C(=O)NNC2=C(C(=O)C(F)(F)F)CCCCCCCCCC2)c1. The number of ether oxygens (including phenoxy) is 1. The van der Waals surface area contributed by atoms with Gasteiger partial charge in [-0.2, -0.15) is 13.2 Å². The molecule has 1 amide bonds. The highest BCUT2D eigenvalue weighted by molar-refractivity contribution is 6.00. The first-order valence-corrected chi connectivity index (χ1v) is 10.4. The van der Waals surface area contributed by atoms with E-state index in [1.807, 2.05) is 0 Å². The Morgan fingerprint density at radius 1 is 0.933 bits per heavy atom. The topological polar surface area (TPSA) is 67.4 Å². The number of carbonyl (C=O) groups excluding carboxylic acids is 2. The second-order valence-electron chi connectivity index (χ2n) is 7.42. The van der Waals surface area contributed by atoms with Crippen molar-refractivity contribution in [2.75, 3.05) is 7.11 Å². The number of hydrogen-bond acceptors (Lipinski definition) is 4. The molecule has 1 aromatic carbocycles. The molecule has 2 N–H and O–H groups in total. The van der Waals surface area contributed by atoms with E-state index in [9.17, 15) is 22.8 Å². The Labute approximate surface area is 175 Å². The lowest BCUT2D eigenvalue weighted by Crippen LogP contribution is -2.39. The number of methoxy groups -OCH3 is 1. The van der Waals surface area contributed by atoms with Crippen molar-refractivity contribution in [3.63, 3.8) is 0 Å². The van der Waals surface area contributed by atoms with Crippen LogP contribution in [-0.2, 0) is 4.79 Å². The Hall–Kier alpha value is -2.51. The fraction of sp³-hybridized carbons (Fsp3) is 0.545. The lowest BCUT2D eigenvalue weighted by atomic mass is 9.96. The largest absolute Gasteiger partial charge is 0.497 e. The fourth-order valence-electron chi connectivity index (χ4n) is 3.49. The molecule has 0 fully saturated rings. The zero-order chi connectivity index (χ0) is 22.0. The molecule has 0 saturated heterocycles. The third-order valence-electron chi connectivity index (χ3n) is 5.16. The van der Waals surface area contributed by atoms with Crippen LogP contribution >= 0.6 is 0 Å². The molecule has 0 spiro atoms. The Bertz CT molecular complexity index is 760. The summed E-state index contributed by atoms with van der Waals surface area (Å²) in [4.78, 5) is 24.5. The number of nitrogens with one attached hydrogen (secondary N) is 2. The summed E-state index contributed by atoms with van der Waals surface area (Å²) in [5.41, 5.74) is 5.23. The average molecular weight is 426 g/mol. The van der Waals surface area contributed by atoms with E-state index >= 15 is 0 Å². The summed E-state index contributed by atoms with van der Waals surface area (Å²) in [6, 6.07) is 6.41. The van der Waals surface area contributed by atoms with E-state index in [0.717, 1.165) is 38.5 Å². The van der Waals surface area contributed by atoms with Crippen LogP contribution in [0.25, 0.3) is 0 Å². The minimum absolute atomic E-state index is 0.0374. The van der Waals surface area contributed by atoms with Gasteiger partial charge in [0.15, 0.2) is 0 Å². The first-order valence-electron chi connectivity index (χ1n) is 10.4. The molecule has 1 aliphatic rings. The van der Waals surface area contributed by atoms with Gasteiger partial charge in [-0.25, -0.2) is 0 Å². The molecule has 0 aromatic heterocycles. The fourth-order valence-corrected chi connectivity index (χ4v) is 3.49. The molecule has 0 atom stereocenters. The lowest BCUT2D eigenvalue weighted by Gasteiger charge is -2.19. The third kappa shape index (κ3) is 7.39. The van der Waals surface area contributed by atoms with Gasteiger partial charge in [0.2, 0.25) is 0 Å². The molecule has 5 nitrogen and oxygen atoms in total. The Morgan fingerprint density at radius 2 is 1.53 bits per heavy atom. The third-order valence-corrected chi connectivity index (χ3v) is 5.16. The number of benzene rings is 1. The summed E-state index contributed by atoms with van der Waals surface area (Å²) < 4.78 is 44.7. The highest BCUT2D eigenvalue weighted by Crippen LogP contribution is 2.28. The Balaban J connectivity index is 2.23. The van der Waals surface area contributed by atoms with E-state index in [4.69, 9.17) is 4.74 Å². The van der Waals surface area contributed by atoms with Gasteiger partial charge < -0.3 is 10.2 Å². The van der Waals surface area contributed by atoms with Crippen LogP contribution in [0.15, 0.2) is 35.5 Å². The van der Waals surface area contributed by atoms with Crippen LogP contribution in [0.1, 0.15) is 74.6 Å². The van der Waals surface area contributed by atoms with Crippen LogP contribution < -0.4 is 15.6 Å². The predicted octanol–water partition coefficient (Wildman–Crippen LogP) is 5.23. The molecular weight excluding hydrogens is 397 g/mol. The highest BCUT2D eigenvalue weighted by atomic mass is 19.4. The molecule has 0 unspecified atom stereocenters. The summed E-state index contributed by atoms with van der Waals surface area (Å²) in [6.45, 7) is 0. The van der Waals surface area contributed by atoms with Crippen LogP contribution in [0.5, 0.6) is 5.75 Å². The number of Topliss-reactive ketones (excluding diaryl/α,β-unsaturated/α-hetero) is 1. The number of ketones is 1. The molecule has 8 heteroatoms. The average Bonchev–Trinajstić information content (AvgIpc) is 2.72. The number of hydrogen-bond donors (Lipinski definition) is 2. The molecule has 0 heterocycles. The summed E-state index contributed by atoms with van der Waals surface area (Å²) in [7, 11) is 1.47. The first-order chi connectivity index (χ1) is 14.3. The number of hydrazine groups is 1. The van der Waals surface area contributed by atoms with Gasteiger partial charge in [-0.15, -0.1) is 0 Å². The van der Waals surface area contributed by atoms with E-state index in [1.165, 1.54) is 13.2 Å². The maximum absolute atomic E-state index is 13.2. The summed E-state index contributed by atoms with van der Waals surface area (Å²) >= 11 is 0. The van der Waals surface area contributed by atoms with Gasteiger partial charge in [-0.3, -0.25) is 15.0 Å². The van der Waals surface area contributed by atoms with Crippen molar-refractivity contribution in [3.05, 3.63) is 41.1 Å². The number of amides is 1. The molecular formula is C22H29F3N2O3. The predicted molar refractivity (Wildman–Crippen MR) is 108 cm³/mol. The minimum atomic E-state index is -4.95. The molecule has 0 radical (unpaired) electrons. The van der Waals surface area contributed by atoms with Crippen LogP contribution in [0, 0.1) is 0 Å². The Kier molecular flexibility index (Phi) is 9.20. The van der Waals surface area contributed by atoms with Crippen molar-refractivity contribution in [1.29, 1.82) is 0 Å². The molecule has 0 saturated carbocycles. The Morgan fingerprint density at radius 3 is 2.13 bits per heavy atom. The zero-order valence-electron chi connectivity index (χ0n) is 17.2. The number of alkyl halides is 3. The van der Waals surface area contributed by atoms with Gasteiger partial charge in [-0.1, -0.05) is 44.6 Å². The molecule has 2 rings (SSSR count). The summed E-state index contributed by atoms with van der Waals surface area (Å²) in [6.07, 6.45) is 2.27. The zero-order valence-corrected chi connectivity index (χ0v) is 17.2. The van der Waals surface area contributed by atoms with E-state index in [2.05, 4.69) is 10.9 Å². The second kappa shape index (κ2) is 11.6. The standard InChI is InChI=1S/C22H29F3N2O3/c1-30-17-12-10-11-16(15-17)21(29)27-26-19-14-9-7-5-3-2-4-6-8-13-18(19)20(28)22(23,24)25/h10-12,15,26H,2-9,13-14H2,1H3,(H,27,29). The van der Waals surface area contributed by atoms with Crippen LogP contribution in [0.3, 0.4) is 0 Å². The van der Waals surface area contributed by atoms with Crippen molar-refractivity contribution in [2.45, 2.75) is 70.4 Å². The molecule has 30 heavy (non-hydrogen) atoms. The summed E-state index contributed by atoms with van der Waals surface area (Å²) in [5.74, 6) is -1.87. The van der Waals surface area contributed by atoms with Crippen LogP contribution in [0.4, 0.5) is 13.2 Å². The van der Waals surface area contributed by atoms with Crippen molar-refractivity contribution in [2.24, 2.45) is 0 Å². The monoisotopic (exact) mass is 426 g/mol. The van der Waals surface area contributed by atoms with Gasteiger partial charge in [0.1, 0.15) is 5.75 Å². The lowest BCUT2D eigenvalue weighted by molar-refractivity contribution is -0.166. The first kappa shape index (κ1) is 23.8. The van der Waals surface area contributed by atoms with Crippen molar-refractivity contribution < 1.29 is 27.5 Å². The van der Waals surface area contributed by atoms with Gasteiger partial charge in [-0.05, 0) is 43.9 Å². The van der Waals surface area contributed by atoms with E-state index in [-0.39, 0.29) is 24.1 Å². The molecule has 1 aliphatic carbocycles. The van der Waals surface area contributed by atoms with Gasteiger partial charge >= 0.3 is 6.18 Å². The number of halogens is 3. The van der Waals surface area contributed by atoms with Crippen molar-refractivity contribution in [3.8, 4) is 5.75 Å². The molecule has 0 bridgehead atoms. The maximum atomic E-state index is 13.2. The van der Waals surface area contributed by atoms with Gasteiger partial charge in [0.25, 0.3) is 11.7 Å². The van der Waals surface area contributed by atoms with Crippen LogP contribution in [0.2, 0.25) is 0 Å². The molecule has 166 valence electrons. The number of rotatable bonds is 5. The van der Waals surface area contributed by atoms with Gasteiger partial charge in [0, 0.05) is 16.8 Å². The quantitative estimate of drug-likeness (QED) is 0.633. The van der Waals surface area contributed by atoms with Gasteiger partial charge in [0.05, 0.1) is 7.11 Å². The number of carbonyl (C=O) groups is 2. The van der Waals surface area contributed by atoms with Crippen molar-refractivity contribution in [1.82, 2.24) is 10.9 Å². The highest BCUT2D eigenvalue weighted by Gasteiger charge is 2.41.